The van der Waals surface area contributed by atoms with Crippen LogP contribution in [-0.4, -0.2) is 25.3 Å². The Kier molecular flexibility index (Phi) is 3.37. The van der Waals surface area contributed by atoms with Crippen molar-refractivity contribution in [3.63, 3.8) is 0 Å². The molecule has 0 fully saturated rings. The molecule has 5 nitrogen and oxygen atoms in total. The Morgan fingerprint density at radius 3 is 2.36 bits per heavy atom. The van der Waals surface area contributed by atoms with Crippen molar-refractivity contribution in [3.05, 3.63) is 40.1 Å². The summed E-state index contributed by atoms with van der Waals surface area (Å²) in [4.78, 5) is 0.491. The lowest BCUT2D eigenvalue weighted by molar-refractivity contribution is -0.137. The molecule has 0 radical (unpaired) electrons. The number of hydrogen-bond acceptors (Lipinski definition) is 4. The third-order valence-corrected chi connectivity index (χ3v) is 3.53. The molecule has 0 spiro atoms. The first-order valence-corrected chi connectivity index (χ1v) is 6.50. The molecular weight excluding hydrogens is 344 g/mol. The molecule has 0 saturated heterocycles. The summed E-state index contributed by atoms with van der Waals surface area (Å²) in [6.45, 7) is 0. The van der Waals surface area contributed by atoms with E-state index in [9.17, 15) is 18.4 Å². The molecular formula is C12H5Cl2F3N4O. The van der Waals surface area contributed by atoms with Crippen molar-refractivity contribution < 1.29 is 18.4 Å². The third kappa shape index (κ3) is 2.44. The highest BCUT2D eigenvalue weighted by Crippen LogP contribution is 2.42. The third-order valence-electron chi connectivity index (χ3n) is 2.93. The number of hydrogen-bond donors (Lipinski definition) is 1. The van der Waals surface area contributed by atoms with E-state index in [1.165, 1.54) is 6.20 Å². The van der Waals surface area contributed by atoms with Crippen LogP contribution in [0.5, 0.6) is 0 Å². The Labute approximate surface area is 131 Å². The summed E-state index contributed by atoms with van der Waals surface area (Å²) in [5, 5.41) is 20.3. The van der Waals surface area contributed by atoms with Gasteiger partial charge >= 0.3 is 6.18 Å². The van der Waals surface area contributed by atoms with Crippen LogP contribution in [0, 0.1) is 0 Å². The molecule has 0 amide bonds. The standard InChI is InChI=1S/C12H5Cl2F3N4O/c13-7-1-5(12(15,16)17)2-8(14)10(7)6-4-21(22)20-9-3-18-19-11(6)9/h1-4,22H. The molecule has 2 heterocycles. The van der Waals surface area contributed by atoms with Crippen LogP contribution < -0.4 is 0 Å². The first-order valence-electron chi connectivity index (χ1n) is 5.74. The van der Waals surface area contributed by atoms with Crippen LogP contribution in [0.1, 0.15) is 5.56 Å². The second kappa shape index (κ2) is 4.99. The van der Waals surface area contributed by atoms with Crippen molar-refractivity contribution in [3.8, 4) is 22.5 Å². The van der Waals surface area contributed by atoms with Gasteiger partial charge in [-0.05, 0) is 12.1 Å². The molecule has 0 atom stereocenters. The van der Waals surface area contributed by atoms with E-state index in [0.29, 0.717) is 4.85 Å². The molecule has 3 rings (SSSR count). The summed E-state index contributed by atoms with van der Waals surface area (Å²) in [6, 6.07) is 1.51. The first-order chi connectivity index (χ1) is 10.3. The molecule has 2 aliphatic rings. The smallest absolute Gasteiger partial charge is 0.412 e. The van der Waals surface area contributed by atoms with Gasteiger partial charge in [-0.3, -0.25) is 0 Å². The van der Waals surface area contributed by atoms with Gasteiger partial charge in [-0.25, -0.2) is 0 Å². The minimum absolute atomic E-state index is 0.104. The Bertz CT molecular complexity index is 811. The summed E-state index contributed by atoms with van der Waals surface area (Å²) >= 11 is 11.9. The van der Waals surface area contributed by atoms with Gasteiger partial charge in [0.15, 0.2) is 0 Å². The van der Waals surface area contributed by atoms with Crippen molar-refractivity contribution in [1.29, 1.82) is 0 Å². The maximum Gasteiger partial charge on any atom is 0.416 e. The Morgan fingerprint density at radius 2 is 1.77 bits per heavy atom. The van der Waals surface area contributed by atoms with E-state index in [4.69, 9.17) is 23.2 Å². The van der Waals surface area contributed by atoms with Crippen molar-refractivity contribution in [2.45, 2.75) is 6.18 Å². The number of rotatable bonds is 1. The summed E-state index contributed by atoms with van der Waals surface area (Å²) in [5.41, 5.74) is -0.149. The molecule has 0 saturated carbocycles. The topological polar surface area (TPSA) is 63.8 Å². The monoisotopic (exact) mass is 348 g/mol. The molecule has 0 bridgehead atoms. The maximum atomic E-state index is 12.8. The van der Waals surface area contributed by atoms with Gasteiger partial charge < -0.3 is 5.21 Å². The normalized spacial score (nSPS) is 12.0. The minimum Gasteiger partial charge on any atom is -0.412 e. The molecule has 1 aromatic carbocycles. The summed E-state index contributed by atoms with van der Waals surface area (Å²) in [5.74, 6) is 0. The molecule has 0 unspecified atom stereocenters. The highest BCUT2D eigenvalue weighted by molar-refractivity contribution is 6.39. The molecule has 114 valence electrons. The predicted octanol–water partition coefficient (Wildman–Crippen LogP) is 4.01. The summed E-state index contributed by atoms with van der Waals surface area (Å²) < 4.78 is 38.3. The van der Waals surface area contributed by atoms with E-state index < -0.39 is 11.7 Å². The van der Waals surface area contributed by atoms with Crippen molar-refractivity contribution in [1.82, 2.24) is 20.1 Å². The number of aromatic nitrogens is 4. The lowest BCUT2D eigenvalue weighted by Gasteiger charge is -2.14. The van der Waals surface area contributed by atoms with Crippen LogP contribution in [0.3, 0.4) is 0 Å². The zero-order chi connectivity index (χ0) is 16.1. The summed E-state index contributed by atoms with van der Waals surface area (Å²) in [6.07, 6.45) is -2.15. The van der Waals surface area contributed by atoms with Gasteiger partial charge in [0.2, 0.25) is 0 Å². The van der Waals surface area contributed by atoms with E-state index in [2.05, 4.69) is 15.3 Å². The van der Waals surface area contributed by atoms with Crippen LogP contribution in [0.2, 0.25) is 10.0 Å². The van der Waals surface area contributed by atoms with Gasteiger partial charge in [0, 0.05) is 11.1 Å². The summed E-state index contributed by atoms with van der Waals surface area (Å²) in [7, 11) is 0. The van der Waals surface area contributed by atoms with Gasteiger partial charge in [0.05, 0.1) is 28.0 Å². The number of halogens is 5. The highest BCUT2D eigenvalue weighted by atomic mass is 35.5. The predicted molar refractivity (Wildman–Crippen MR) is 72.1 cm³/mol. The minimum atomic E-state index is -4.57. The van der Waals surface area contributed by atoms with Gasteiger partial charge in [0.25, 0.3) is 0 Å². The fourth-order valence-corrected chi connectivity index (χ4v) is 2.70. The quantitative estimate of drug-likeness (QED) is 0.675. The number of fused-ring (bicyclic) bond motifs is 1. The maximum absolute atomic E-state index is 12.8. The lowest BCUT2D eigenvalue weighted by atomic mass is 10.0. The fourth-order valence-electron chi connectivity index (χ4n) is 2.01. The second-order valence-electron chi connectivity index (χ2n) is 4.35. The zero-order valence-electron chi connectivity index (χ0n) is 10.4. The zero-order valence-corrected chi connectivity index (χ0v) is 11.9. The van der Waals surface area contributed by atoms with E-state index in [-0.39, 0.29) is 32.6 Å². The van der Waals surface area contributed by atoms with Crippen molar-refractivity contribution >= 4 is 23.2 Å². The molecule has 1 N–H and O–H groups in total. The van der Waals surface area contributed by atoms with Crippen LogP contribution in [-0.2, 0) is 6.18 Å². The largest absolute Gasteiger partial charge is 0.416 e. The highest BCUT2D eigenvalue weighted by Gasteiger charge is 2.32. The van der Waals surface area contributed by atoms with Crippen LogP contribution in [0.15, 0.2) is 24.5 Å². The molecule has 1 aromatic rings. The molecule has 10 heteroatoms. The number of alkyl halides is 3. The SMILES string of the molecule is On1cc(-c2c(Cl)cc(C(F)(F)F)cc2Cl)c2nncc-2n1. The molecule has 22 heavy (non-hydrogen) atoms. The average molecular weight is 349 g/mol. The fraction of sp³-hybridized carbons (Fsp3) is 0.0833. The van der Waals surface area contributed by atoms with E-state index >= 15 is 0 Å². The Hall–Kier alpha value is -2.06. The average Bonchev–Trinajstić information content (AvgIpc) is 2.84. The second-order valence-corrected chi connectivity index (χ2v) is 5.17. The number of benzene rings is 1. The first kappa shape index (κ1) is 14.9. The van der Waals surface area contributed by atoms with Crippen LogP contribution in [0.4, 0.5) is 13.2 Å². The van der Waals surface area contributed by atoms with Gasteiger partial charge in [-0.15, -0.1) is 15.0 Å². The van der Waals surface area contributed by atoms with Gasteiger partial charge in [-0.1, -0.05) is 23.2 Å². The molecule has 2 aliphatic heterocycles. The van der Waals surface area contributed by atoms with Crippen molar-refractivity contribution in [2.75, 3.05) is 0 Å². The van der Waals surface area contributed by atoms with Crippen molar-refractivity contribution in [2.24, 2.45) is 0 Å². The van der Waals surface area contributed by atoms with E-state index in [1.807, 2.05) is 0 Å². The van der Waals surface area contributed by atoms with Crippen LogP contribution in [0.25, 0.3) is 22.5 Å². The van der Waals surface area contributed by atoms with Gasteiger partial charge in [0.1, 0.15) is 11.4 Å². The molecule has 0 aliphatic carbocycles. The van der Waals surface area contributed by atoms with Gasteiger partial charge in [-0.2, -0.15) is 18.3 Å². The van der Waals surface area contributed by atoms with E-state index in [0.717, 1.165) is 18.3 Å². The van der Waals surface area contributed by atoms with E-state index in [1.54, 1.807) is 0 Å². The van der Waals surface area contributed by atoms with Crippen LogP contribution >= 0.6 is 23.2 Å². The Morgan fingerprint density at radius 1 is 1.14 bits per heavy atom. The molecule has 0 aromatic heterocycles. The number of nitrogens with zero attached hydrogens (tertiary/aromatic N) is 4. The lowest BCUT2D eigenvalue weighted by Crippen LogP contribution is -2.06. The Balaban J connectivity index is 2.26.